The van der Waals surface area contributed by atoms with Gasteiger partial charge in [0.1, 0.15) is 11.9 Å². The van der Waals surface area contributed by atoms with Crippen LogP contribution in [0.15, 0.2) is 51.8 Å². The summed E-state index contributed by atoms with van der Waals surface area (Å²) >= 11 is 2.92. The maximum absolute atomic E-state index is 13.6. The van der Waals surface area contributed by atoms with E-state index < -0.39 is 6.04 Å². The third kappa shape index (κ3) is 6.02. The van der Waals surface area contributed by atoms with Crippen LogP contribution in [0.2, 0.25) is 0 Å². The van der Waals surface area contributed by atoms with Gasteiger partial charge in [0, 0.05) is 22.9 Å². The Balaban J connectivity index is 1.28. The van der Waals surface area contributed by atoms with E-state index in [0.717, 1.165) is 41.8 Å². The minimum Gasteiger partial charge on any atom is -0.352 e. The molecule has 8 nitrogen and oxygen atoms in total. The molecule has 1 aromatic carbocycles. The quantitative estimate of drug-likeness (QED) is 0.469. The van der Waals surface area contributed by atoms with Crippen LogP contribution >= 0.6 is 23.1 Å². The van der Waals surface area contributed by atoms with Crippen LogP contribution in [-0.2, 0) is 20.9 Å². The summed E-state index contributed by atoms with van der Waals surface area (Å²) in [6.45, 7) is 2.46. The molecule has 2 N–H and O–H groups in total. The summed E-state index contributed by atoms with van der Waals surface area (Å²) in [6, 6.07) is 11.1. The SMILES string of the molecule is CC[C@@H](SC1=Nc2ccccc2C2=N[C@H](CCC(=O)NCc3cccs3)C(=O)N12)C(=O)NC1CCCCC1. The van der Waals surface area contributed by atoms with Gasteiger partial charge in [0.2, 0.25) is 11.8 Å². The highest BCUT2D eigenvalue weighted by Crippen LogP contribution is 2.36. The van der Waals surface area contributed by atoms with Crippen molar-refractivity contribution in [3.63, 3.8) is 0 Å². The van der Waals surface area contributed by atoms with Crippen LogP contribution < -0.4 is 10.6 Å². The van der Waals surface area contributed by atoms with Gasteiger partial charge < -0.3 is 10.6 Å². The van der Waals surface area contributed by atoms with Crippen LogP contribution in [0, 0.1) is 0 Å². The number of rotatable bonds is 9. The number of carbonyl (C=O) groups excluding carboxylic acids is 3. The maximum atomic E-state index is 13.6. The first-order valence-electron chi connectivity index (χ1n) is 13.4. The number of aliphatic imine (C=N–C) groups is 2. The fourth-order valence-electron chi connectivity index (χ4n) is 5.01. The Morgan fingerprint density at radius 1 is 1.16 bits per heavy atom. The smallest absolute Gasteiger partial charge is 0.259 e. The van der Waals surface area contributed by atoms with Crippen LogP contribution in [0.1, 0.15) is 68.7 Å². The summed E-state index contributed by atoms with van der Waals surface area (Å²) in [5.74, 6) is 0.240. The molecule has 1 aliphatic carbocycles. The highest BCUT2D eigenvalue weighted by molar-refractivity contribution is 8.15. The molecular weight excluding hydrogens is 518 g/mol. The molecule has 3 heterocycles. The largest absolute Gasteiger partial charge is 0.352 e. The number of hydrogen-bond donors (Lipinski definition) is 2. The molecule has 2 aromatic rings. The second kappa shape index (κ2) is 12.3. The van der Waals surface area contributed by atoms with E-state index in [1.54, 1.807) is 16.2 Å². The monoisotopic (exact) mass is 551 g/mol. The normalized spacial score (nSPS) is 19.8. The molecular formula is C28H33N5O3S2. The molecule has 5 rings (SSSR count). The molecule has 1 saturated carbocycles. The number of nitrogens with one attached hydrogen (secondary N) is 2. The zero-order chi connectivity index (χ0) is 26.5. The summed E-state index contributed by atoms with van der Waals surface area (Å²) < 4.78 is 0. The van der Waals surface area contributed by atoms with E-state index in [-0.39, 0.29) is 35.4 Å². The van der Waals surface area contributed by atoms with Gasteiger partial charge in [0.05, 0.1) is 17.5 Å². The summed E-state index contributed by atoms with van der Waals surface area (Å²) in [4.78, 5) is 51.4. The zero-order valence-electron chi connectivity index (χ0n) is 21.5. The Hall–Kier alpha value is -2.98. The molecule has 0 bridgehead atoms. The van der Waals surface area contributed by atoms with Gasteiger partial charge in [-0.1, -0.05) is 56.1 Å². The molecule has 3 aliphatic rings. The van der Waals surface area contributed by atoms with Crippen LogP contribution in [0.4, 0.5) is 5.69 Å². The Kier molecular flexibility index (Phi) is 8.58. The number of amides is 3. The van der Waals surface area contributed by atoms with Crippen LogP contribution in [0.25, 0.3) is 0 Å². The maximum Gasteiger partial charge on any atom is 0.259 e. The molecule has 0 unspecified atom stereocenters. The summed E-state index contributed by atoms with van der Waals surface area (Å²) in [7, 11) is 0. The highest BCUT2D eigenvalue weighted by atomic mass is 32.2. The minimum absolute atomic E-state index is 0.00458. The third-order valence-corrected chi connectivity index (χ3v) is 9.29. The number of carbonyl (C=O) groups is 3. The first-order chi connectivity index (χ1) is 18.5. The molecule has 2 aliphatic heterocycles. The van der Waals surface area contributed by atoms with Crippen molar-refractivity contribution in [1.82, 2.24) is 15.5 Å². The van der Waals surface area contributed by atoms with Gasteiger partial charge >= 0.3 is 0 Å². The zero-order valence-corrected chi connectivity index (χ0v) is 23.2. The van der Waals surface area contributed by atoms with Crippen LogP contribution in [0.3, 0.4) is 0 Å². The van der Waals surface area contributed by atoms with Gasteiger partial charge in [0.25, 0.3) is 5.91 Å². The predicted molar refractivity (Wildman–Crippen MR) is 153 cm³/mol. The number of fused-ring (bicyclic) bond motifs is 3. The number of thiophene rings is 1. The standard InChI is InChI=1S/C28H33N5O3S2/c1-2-23(26(35)30-18-9-4-3-5-10-18)38-28-32-21-13-7-6-12-20(21)25-31-22(27(36)33(25)28)14-15-24(34)29-17-19-11-8-16-37-19/h6-8,11-13,16,18,22-23H,2-5,9-10,14-15,17H2,1H3,(H,29,34)(H,30,35)/t22-,23-/m1/s1. The van der Waals surface area contributed by atoms with Gasteiger partial charge in [-0.3, -0.25) is 19.4 Å². The number of para-hydroxylation sites is 1. The van der Waals surface area contributed by atoms with Gasteiger partial charge in [-0.2, -0.15) is 0 Å². The van der Waals surface area contributed by atoms with Crippen molar-refractivity contribution in [1.29, 1.82) is 0 Å². The molecule has 1 fully saturated rings. The second-order valence-electron chi connectivity index (χ2n) is 9.81. The Bertz CT molecular complexity index is 1240. The molecule has 200 valence electrons. The van der Waals surface area contributed by atoms with Crippen molar-refractivity contribution in [3.05, 3.63) is 52.2 Å². The van der Waals surface area contributed by atoms with Crippen molar-refractivity contribution in [3.8, 4) is 0 Å². The summed E-state index contributed by atoms with van der Waals surface area (Å²) in [6.07, 6.45) is 6.69. The lowest BCUT2D eigenvalue weighted by molar-refractivity contribution is -0.125. The van der Waals surface area contributed by atoms with Crippen LogP contribution in [0.5, 0.6) is 0 Å². The van der Waals surface area contributed by atoms with E-state index in [0.29, 0.717) is 30.4 Å². The first-order valence-corrected chi connectivity index (χ1v) is 15.2. The number of benzene rings is 1. The molecule has 2 atom stereocenters. The Morgan fingerprint density at radius 3 is 2.74 bits per heavy atom. The molecule has 0 spiro atoms. The lowest BCUT2D eigenvalue weighted by atomic mass is 9.95. The van der Waals surface area contributed by atoms with Crippen molar-refractivity contribution < 1.29 is 14.4 Å². The van der Waals surface area contributed by atoms with Crippen molar-refractivity contribution in [2.24, 2.45) is 9.98 Å². The van der Waals surface area contributed by atoms with E-state index in [4.69, 9.17) is 9.98 Å². The predicted octanol–water partition coefficient (Wildman–Crippen LogP) is 4.76. The number of hydrogen-bond acceptors (Lipinski definition) is 7. The molecule has 3 amide bonds. The van der Waals surface area contributed by atoms with E-state index in [1.807, 2.05) is 48.7 Å². The minimum atomic E-state index is -0.661. The Morgan fingerprint density at radius 2 is 1.97 bits per heavy atom. The fraction of sp³-hybridized carbons (Fsp3) is 0.464. The van der Waals surface area contributed by atoms with Crippen molar-refractivity contribution in [2.45, 2.75) is 82.2 Å². The summed E-state index contributed by atoms with van der Waals surface area (Å²) in [5, 5.41) is 8.22. The molecule has 0 radical (unpaired) electrons. The van der Waals surface area contributed by atoms with Gasteiger partial charge in [-0.25, -0.2) is 9.89 Å². The molecule has 10 heteroatoms. The van der Waals surface area contributed by atoms with E-state index in [2.05, 4.69) is 10.6 Å². The molecule has 0 saturated heterocycles. The lowest BCUT2D eigenvalue weighted by Crippen LogP contribution is -2.45. The second-order valence-corrected chi connectivity index (χ2v) is 12.0. The summed E-state index contributed by atoms with van der Waals surface area (Å²) in [5.41, 5.74) is 1.52. The van der Waals surface area contributed by atoms with Gasteiger partial charge in [-0.15, -0.1) is 11.3 Å². The third-order valence-electron chi connectivity index (χ3n) is 7.09. The molecule has 38 heavy (non-hydrogen) atoms. The van der Waals surface area contributed by atoms with E-state index in [9.17, 15) is 14.4 Å². The number of nitrogens with zero attached hydrogens (tertiary/aromatic N) is 3. The average Bonchev–Trinajstić information content (AvgIpc) is 3.58. The highest BCUT2D eigenvalue weighted by Gasteiger charge is 2.42. The van der Waals surface area contributed by atoms with E-state index in [1.165, 1.54) is 18.2 Å². The van der Waals surface area contributed by atoms with Crippen molar-refractivity contribution >= 4 is 57.5 Å². The van der Waals surface area contributed by atoms with Crippen molar-refractivity contribution in [2.75, 3.05) is 0 Å². The fourth-order valence-corrected chi connectivity index (χ4v) is 6.69. The van der Waals surface area contributed by atoms with Crippen LogP contribution in [-0.4, -0.2) is 51.0 Å². The number of thioether (sulfide) groups is 1. The first kappa shape index (κ1) is 26.6. The van der Waals surface area contributed by atoms with Gasteiger partial charge in [0.15, 0.2) is 5.17 Å². The number of amidine groups is 2. The topological polar surface area (TPSA) is 103 Å². The average molecular weight is 552 g/mol. The lowest BCUT2D eigenvalue weighted by Gasteiger charge is -2.29. The molecule has 1 aromatic heterocycles. The van der Waals surface area contributed by atoms with Gasteiger partial charge in [-0.05, 0) is 49.3 Å². The van der Waals surface area contributed by atoms with E-state index >= 15 is 0 Å². The Labute approximate surface area is 231 Å².